The molecule has 0 N–H and O–H groups in total. The summed E-state index contributed by atoms with van der Waals surface area (Å²) in [5, 5.41) is 0. The van der Waals surface area contributed by atoms with Crippen molar-refractivity contribution in [1.29, 1.82) is 0 Å². The standard InChI is InChI=1S/C15H11F3O/c1-8-3-5-12(14(18)13(8)17)15(19)11-6-4-10(16)7-9(11)2/h3-7H,1-2H3. The molecule has 0 fully saturated rings. The predicted octanol–water partition coefficient (Wildman–Crippen LogP) is 3.95. The van der Waals surface area contributed by atoms with Gasteiger partial charge in [-0.3, -0.25) is 4.79 Å². The Labute approximate surface area is 108 Å². The molecule has 0 aromatic heterocycles. The molecule has 0 aliphatic heterocycles. The van der Waals surface area contributed by atoms with Gasteiger partial charge in [0.05, 0.1) is 5.56 Å². The Hall–Kier alpha value is -2.10. The van der Waals surface area contributed by atoms with Crippen molar-refractivity contribution in [2.75, 3.05) is 0 Å². The van der Waals surface area contributed by atoms with Crippen LogP contribution in [0.2, 0.25) is 0 Å². The largest absolute Gasteiger partial charge is 0.288 e. The molecule has 2 rings (SSSR count). The molecule has 0 heterocycles. The summed E-state index contributed by atoms with van der Waals surface area (Å²) in [4.78, 5) is 12.1. The summed E-state index contributed by atoms with van der Waals surface area (Å²) >= 11 is 0. The second-order valence-corrected chi connectivity index (χ2v) is 4.35. The molecule has 0 bridgehead atoms. The molecule has 0 spiro atoms. The van der Waals surface area contributed by atoms with Gasteiger partial charge in [0.25, 0.3) is 0 Å². The minimum Gasteiger partial charge on any atom is -0.288 e. The molecule has 98 valence electrons. The SMILES string of the molecule is Cc1cc(F)ccc1C(=O)c1ccc(C)c(F)c1F. The summed E-state index contributed by atoms with van der Waals surface area (Å²) in [5.74, 6) is -3.35. The molecule has 0 unspecified atom stereocenters. The fourth-order valence-corrected chi connectivity index (χ4v) is 1.85. The first-order valence-electron chi connectivity index (χ1n) is 5.67. The summed E-state index contributed by atoms with van der Waals surface area (Å²) in [7, 11) is 0. The van der Waals surface area contributed by atoms with E-state index >= 15 is 0 Å². The lowest BCUT2D eigenvalue weighted by atomic mass is 9.97. The molecule has 1 nitrogen and oxygen atoms in total. The third-order valence-electron chi connectivity index (χ3n) is 2.95. The van der Waals surface area contributed by atoms with Gasteiger partial charge in [-0.15, -0.1) is 0 Å². The lowest BCUT2D eigenvalue weighted by Gasteiger charge is -2.07. The maximum Gasteiger partial charge on any atom is 0.196 e. The Bertz CT molecular complexity index is 663. The van der Waals surface area contributed by atoms with E-state index in [1.54, 1.807) is 6.92 Å². The molecule has 4 heteroatoms. The lowest BCUT2D eigenvalue weighted by molar-refractivity contribution is 0.103. The van der Waals surface area contributed by atoms with Gasteiger partial charge in [-0.1, -0.05) is 6.07 Å². The van der Waals surface area contributed by atoms with Gasteiger partial charge in [0, 0.05) is 5.56 Å². The van der Waals surface area contributed by atoms with Gasteiger partial charge in [-0.2, -0.15) is 0 Å². The van der Waals surface area contributed by atoms with Gasteiger partial charge >= 0.3 is 0 Å². The third-order valence-corrected chi connectivity index (χ3v) is 2.95. The van der Waals surface area contributed by atoms with E-state index in [9.17, 15) is 18.0 Å². The van der Waals surface area contributed by atoms with E-state index in [0.717, 1.165) is 6.07 Å². The van der Waals surface area contributed by atoms with Crippen LogP contribution in [0.1, 0.15) is 27.0 Å². The van der Waals surface area contributed by atoms with Crippen molar-refractivity contribution in [2.45, 2.75) is 13.8 Å². The van der Waals surface area contributed by atoms with Crippen molar-refractivity contribution in [1.82, 2.24) is 0 Å². The van der Waals surface area contributed by atoms with E-state index in [1.807, 2.05) is 0 Å². The molecule has 0 amide bonds. The zero-order chi connectivity index (χ0) is 14.2. The Morgan fingerprint density at radius 2 is 1.47 bits per heavy atom. The Balaban J connectivity index is 2.53. The number of ketones is 1. The highest BCUT2D eigenvalue weighted by atomic mass is 19.2. The minimum absolute atomic E-state index is 0.130. The lowest BCUT2D eigenvalue weighted by Crippen LogP contribution is -2.08. The summed E-state index contributed by atoms with van der Waals surface area (Å²) in [6, 6.07) is 6.13. The third kappa shape index (κ3) is 2.38. The smallest absolute Gasteiger partial charge is 0.196 e. The molecular weight excluding hydrogens is 253 g/mol. The highest BCUT2D eigenvalue weighted by Gasteiger charge is 2.19. The predicted molar refractivity (Wildman–Crippen MR) is 65.7 cm³/mol. The molecule has 0 saturated carbocycles. The zero-order valence-electron chi connectivity index (χ0n) is 10.4. The van der Waals surface area contributed by atoms with Gasteiger partial charge < -0.3 is 0 Å². The van der Waals surface area contributed by atoms with Crippen LogP contribution in [0, 0.1) is 31.3 Å². The van der Waals surface area contributed by atoms with Gasteiger partial charge in [-0.05, 0) is 49.2 Å². The minimum atomic E-state index is -1.17. The van der Waals surface area contributed by atoms with Crippen molar-refractivity contribution >= 4 is 5.78 Å². The molecule has 19 heavy (non-hydrogen) atoms. The Morgan fingerprint density at radius 3 is 2.11 bits per heavy atom. The molecule has 0 saturated heterocycles. The van der Waals surface area contributed by atoms with Crippen LogP contribution in [-0.2, 0) is 0 Å². The van der Waals surface area contributed by atoms with Crippen molar-refractivity contribution in [3.05, 3.63) is 70.0 Å². The first-order chi connectivity index (χ1) is 8.91. The quantitative estimate of drug-likeness (QED) is 0.750. The number of carbonyl (C=O) groups excluding carboxylic acids is 1. The molecule has 0 aliphatic carbocycles. The van der Waals surface area contributed by atoms with Crippen LogP contribution in [0.4, 0.5) is 13.2 Å². The Kier molecular flexibility index (Phi) is 3.42. The van der Waals surface area contributed by atoms with Crippen molar-refractivity contribution in [3.63, 3.8) is 0 Å². The molecule has 2 aromatic rings. The van der Waals surface area contributed by atoms with Crippen LogP contribution in [0.3, 0.4) is 0 Å². The van der Waals surface area contributed by atoms with Crippen molar-refractivity contribution in [2.24, 2.45) is 0 Å². The van der Waals surface area contributed by atoms with E-state index in [4.69, 9.17) is 0 Å². The van der Waals surface area contributed by atoms with Gasteiger partial charge in [-0.25, -0.2) is 13.2 Å². The average Bonchev–Trinajstić information content (AvgIpc) is 2.35. The van der Waals surface area contributed by atoms with Crippen LogP contribution in [0.25, 0.3) is 0 Å². The summed E-state index contributed by atoms with van der Waals surface area (Å²) in [5.41, 5.74) is 0.316. The molecule has 0 atom stereocenters. The maximum absolute atomic E-state index is 13.7. The summed E-state index contributed by atoms with van der Waals surface area (Å²) in [6.07, 6.45) is 0. The van der Waals surface area contributed by atoms with Crippen molar-refractivity contribution < 1.29 is 18.0 Å². The van der Waals surface area contributed by atoms with Gasteiger partial charge in [0.2, 0.25) is 0 Å². The monoisotopic (exact) mass is 264 g/mol. The number of rotatable bonds is 2. The van der Waals surface area contributed by atoms with Crippen LogP contribution < -0.4 is 0 Å². The van der Waals surface area contributed by atoms with Crippen LogP contribution in [0.5, 0.6) is 0 Å². The molecule has 0 aliphatic rings. The van der Waals surface area contributed by atoms with E-state index in [0.29, 0.717) is 5.56 Å². The van der Waals surface area contributed by atoms with Crippen LogP contribution in [0.15, 0.2) is 30.3 Å². The fourth-order valence-electron chi connectivity index (χ4n) is 1.85. The second kappa shape index (κ2) is 4.88. The Morgan fingerprint density at radius 1 is 0.842 bits per heavy atom. The average molecular weight is 264 g/mol. The topological polar surface area (TPSA) is 17.1 Å². The summed E-state index contributed by atoms with van der Waals surface area (Å²) < 4.78 is 40.1. The first kappa shape index (κ1) is 13.3. The second-order valence-electron chi connectivity index (χ2n) is 4.35. The van der Waals surface area contributed by atoms with Crippen LogP contribution >= 0.6 is 0 Å². The molecule has 0 radical (unpaired) electrons. The highest BCUT2D eigenvalue weighted by molar-refractivity contribution is 6.10. The number of hydrogen-bond donors (Lipinski definition) is 0. The number of hydrogen-bond acceptors (Lipinski definition) is 1. The molecular formula is C15H11F3O. The number of benzene rings is 2. The number of halogens is 3. The fraction of sp³-hybridized carbons (Fsp3) is 0.133. The van der Waals surface area contributed by atoms with Crippen molar-refractivity contribution in [3.8, 4) is 0 Å². The zero-order valence-corrected chi connectivity index (χ0v) is 10.4. The van der Waals surface area contributed by atoms with E-state index in [-0.39, 0.29) is 16.7 Å². The number of carbonyl (C=O) groups is 1. The number of aryl methyl sites for hydroxylation is 2. The normalized spacial score (nSPS) is 10.6. The van der Waals surface area contributed by atoms with Gasteiger partial charge in [0.15, 0.2) is 17.4 Å². The summed E-state index contributed by atoms with van der Waals surface area (Å²) in [6.45, 7) is 2.95. The van der Waals surface area contributed by atoms with E-state index in [2.05, 4.69) is 0 Å². The van der Waals surface area contributed by atoms with E-state index in [1.165, 1.54) is 31.2 Å². The highest BCUT2D eigenvalue weighted by Crippen LogP contribution is 2.21. The van der Waals surface area contributed by atoms with Crippen LogP contribution in [-0.4, -0.2) is 5.78 Å². The van der Waals surface area contributed by atoms with E-state index < -0.39 is 23.2 Å². The maximum atomic E-state index is 13.7. The van der Waals surface area contributed by atoms with Gasteiger partial charge in [0.1, 0.15) is 5.82 Å². The first-order valence-corrected chi connectivity index (χ1v) is 5.67. The molecule has 2 aromatic carbocycles.